The van der Waals surface area contributed by atoms with Gasteiger partial charge in [-0.1, -0.05) is 11.3 Å². The third-order valence-corrected chi connectivity index (χ3v) is 2.49. The van der Waals surface area contributed by atoms with Crippen LogP contribution in [0.1, 0.15) is 0 Å². The van der Waals surface area contributed by atoms with Crippen LogP contribution in [0.2, 0.25) is 0 Å². The van der Waals surface area contributed by atoms with Crippen LogP contribution in [0.4, 0.5) is 10.1 Å². The van der Waals surface area contributed by atoms with Gasteiger partial charge in [-0.15, -0.1) is 0 Å². The number of aryl methyl sites for hydroxylation is 1. The molecule has 0 saturated heterocycles. The molecule has 4 nitrogen and oxygen atoms in total. The predicted molar refractivity (Wildman–Crippen MR) is 55.3 cm³/mol. The molecular formula is C8H10N4S. The normalized spacial score (nSPS) is 10.5. The van der Waals surface area contributed by atoms with Crippen LogP contribution >= 0.6 is 11.3 Å². The Morgan fingerprint density at radius 2 is 2.23 bits per heavy atom. The zero-order valence-corrected chi connectivity index (χ0v) is 8.01. The molecule has 0 spiro atoms. The minimum absolute atomic E-state index is 0.511. The molecular weight excluding hydrogens is 184 g/mol. The van der Waals surface area contributed by atoms with Gasteiger partial charge >= 0.3 is 0 Å². The lowest BCUT2D eigenvalue weighted by atomic mass is 10.2. The van der Waals surface area contributed by atoms with Crippen LogP contribution in [0.25, 0.3) is 11.3 Å². The summed E-state index contributed by atoms with van der Waals surface area (Å²) in [5, 5.41) is 1.18. The van der Waals surface area contributed by atoms with Gasteiger partial charge < -0.3 is 16.0 Å². The zero-order chi connectivity index (χ0) is 9.42. The Kier molecular flexibility index (Phi) is 1.73. The van der Waals surface area contributed by atoms with Crippen molar-refractivity contribution in [2.24, 2.45) is 7.05 Å². The highest BCUT2D eigenvalue weighted by Crippen LogP contribution is 2.31. The van der Waals surface area contributed by atoms with Crippen LogP contribution in [-0.2, 0) is 7.05 Å². The molecule has 0 bridgehead atoms. The van der Waals surface area contributed by atoms with Crippen molar-refractivity contribution in [3.63, 3.8) is 0 Å². The van der Waals surface area contributed by atoms with Gasteiger partial charge in [-0.3, -0.25) is 0 Å². The summed E-state index contributed by atoms with van der Waals surface area (Å²) in [5.74, 6) is 0. The molecule has 0 atom stereocenters. The lowest BCUT2D eigenvalue weighted by Gasteiger charge is -1.91. The van der Waals surface area contributed by atoms with Gasteiger partial charge in [0, 0.05) is 25.0 Å². The topological polar surface area (TPSA) is 69.9 Å². The third kappa shape index (κ3) is 1.38. The molecule has 0 aromatic carbocycles. The lowest BCUT2D eigenvalue weighted by molar-refractivity contribution is 0.928. The highest BCUT2D eigenvalue weighted by molar-refractivity contribution is 7.19. The highest BCUT2D eigenvalue weighted by atomic mass is 32.1. The number of thiazole rings is 1. The van der Waals surface area contributed by atoms with E-state index in [0.29, 0.717) is 10.1 Å². The van der Waals surface area contributed by atoms with Crippen LogP contribution in [0.15, 0.2) is 18.5 Å². The van der Waals surface area contributed by atoms with Crippen molar-refractivity contribution >= 4 is 21.5 Å². The predicted octanol–water partition coefficient (Wildman–Crippen LogP) is 1.31. The monoisotopic (exact) mass is 194 g/mol. The summed E-state index contributed by atoms with van der Waals surface area (Å²) in [7, 11) is 1.95. The fourth-order valence-electron chi connectivity index (χ4n) is 1.20. The summed E-state index contributed by atoms with van der Waals surface area (Å²) in [5.41, 5.74) is 13.1. The van der Waals surface area contributed by atoms with E-state index >= 15 is 0 Å². The van der Waals surface area contributed by atoms with E-state index in [1.165, 1.54) is 11.3 Å². The first-order valence-corrected chi connectivity index (χ1v) is 4.62. The fraction of sp³-hybridized carbons (Fsp3) is 0.125. The van der Waals surface area contributed by atoms with Crippen molar-refractivity contribution in [2.45, 2.75) is 0 Å². The van der Waals surface area contributed by atoms with Crippen LogP contribution in [0.3, 0.4) is 0 Å². The number of nitrogens with zero attached hydrogens (tertiary/aromatic N) is 2. The van der Waals surface area contributed by atoms with Crippen molar-refractivity contribution in [1.82, 2.24) is 9.55 Å². The third-order valence-electron chi connectivity index (χ3n) is 1.78. The maximum Gasteiger partial charge on any atom is 0.182 e. The highest BCUT2D eigenvalue weighted by Gasteiger charge is 2.08. The summed E-state index contributed by atoms with van der Waals surface area (Å²) in [4.78, 5) is 4.15. The molecule has 0 radical (unpaired) electrons. The summed E-state index contributed by atoms with van der Waals surface area (Å²) in [6.45, 7) is 0. The average Bonchev–Trinajstić information content (AvgIpc) is 2.58. The van der Waals surface area contributed by atoms with E-state index in [1.807, 2.05) is 30.1 Å². The summed E-state index contributed by atoms with van der Waals surface area (Å²) >= 11 is 1.31. The average molecular weight is 194 g/mol. The first-order chi connectivity index (χ1) is 6.16. The second-order valence-corrected chi connectivity index (χ2v) is 3.89. The molecule has 2 heterocycles. The molecule has 0 aliphatic rings. The Balaban J connectivity index is 2.51. The molecule has 0 aliphatic carbocycles. The van der Waals surface area contributed by atoms with Gasteiger partial charge in [0.15, 0.2) is 5.13 Å². The smallest absolute Gasteiger partial charge is 0.182 e. The largest absolute Gasteiger partial charge is 0.389 e. The molecule has 0 amide bonds. The maximum absolute atomic E-state index is 5.75. The fourth-order valence-corrected chi connectivity index (χ4v) is 1.82. The molecule has 2 aromatic rings. The lowest BCUT2D eigenvalue weighted by Crippen LogP contribution is -1.85. The van der Waals surface area contributed by atoms with Gasteiger partial charge in [0.25, 0.3) is 0 Å². The zero-order valence-electron chi connectivity index (χ0n) is 7.19. The standard InChI is InChI=1S/C8H10N4S/c1-12-3-2-5(4-12)6-7(9)13-8(10)11-6/h2-4H,9H2,1H3,(H2,10,11). The van der Waals surface area contributed by atoms with Crippen molar-refractivity contribution in [3.05, 3.63) is 18.5 Å². The summed E-state index contributed by atoms with van der Waals surface area (Å²) in [6, 6.07) is 1.96. The van der Waals surface area contributed by atoms with Crippen molar-refractivity contribution in [1.29, 1.82) is 0 Å². The Morgan fingerprint density at radius 1 is 1.46 bits per heavy atom. The van der Waals surface area contributed by atoms with E-state index in [2.05, 4.69) is 4.98 Å². The number of hydrogen-bond donors (Lipinski definition) is 2. The molecule has 68 valence electrons. The molecule has 0 unspecified atom stereocenters. The van der Waals surface area contributed by atoms with Crippen LogP contribution in [-0.4, -0.2) is 9.55 Å². The molecule has 0 fully saturated rings. The first kappa shape index (κ1) is 8.12. The Hall–Kier alpha value is -1.49. The molecule has 4 N–H and O–H groups in total. The van der Waals surface area contributed by atoms with Crippen molar-refractivity contribution in [2.75, 3.05) is 11.5 Å². The number of anilines is 2. The number of nitrogens with two attached hydrogens (primary N) is 2. The maximum atomic E-state index is 5.75. The van der Waals surface area contributed by atoms with Gasteiger partial charge in [0.05, 0.1) is 0 Å². The Morgan fingerprint density at radius 3 is 2.69 bits per heavy atom. The first-order valence-electron chi connectivity index (χ1n) is 3.81. The number of aromatic nitrogens is 2. The van der Waals surface area contributed by atoms with Gasteiger partial charge in [-0.05, 0) is 6.07 Å². The molecule has 0 saturated carbocycles. The minimum atomic E-state index is 0.511. The molecule has 5 heteroatoms. The second-order valence-electron chi connectivity index (χ2n) is 2.83. The number of rotatable bonds is 1. The minimum Gasteiger partial charge on any atom is -0.389 e. The van der Waals surface area contributed by atoms with Gasteiger partial charge in [0.1, 0.15) is 10.7 Å². The van der Waals surface area contributed by atoms with E-state index in [4.69, 9.17) is 11.5 Å². The summed E-state index contributed by atoms with van der Waals surface area (Å²) in [6.07, 6.45) is 3.91. The van der Waals surface area contributed by atoms with Crippen LogP contribution in [0.5, 0.6) is 0 Å². The van der Waals surface area contributed by atoms with E-state index in [1.54, 1.807) is 0 Å². The quantitative estimate of drug-likeness (QED) is 0.719. The van der Waals surface area contributed by atoms with E-state index < -0.39 is 0 Å². The summed E-state index contributed by atoms with van der Waals surface area (Å²) < 4.78 is 1.95. The van der Waals surface area contributed by atoms with Gasteiger partial charge in [0.2, 0.25) is 0 Å². The number of hydrogen-bond acceptors (Lipinski definition) is 4. The molecule has 2 rings (SSSR count). The van der Waals surface area contributed by atoms with Gasteiger partial charge in [-0.25, -0.2) is 4.98 Å². The van der Waals surface area contributed by atoms with Crippen LogP contribution in [0, 0.1) is 0 Å². The molecule has 0 aliphatic heterocycles. The van der Waals surface area contributed by atoms with Crippen LogP contribution < -0.4 is 11.5 Å². The second kappa shape index (κ2) is 2.77. The Labute approximate surface area is 79.8 Å². The van der Waals surface area contributed by atoms with Crippen molar-refractivity contribution in [3.8, 4) is 11.3 Å². The molecule has 2 aromatic heterocycles. The number of nitrogen functional groups attached to an aromatic ring is 2. The Bertz CT molecular complexity index is 429. The van der Waals surface area contributed by atoms with Gasteiger partial charge in [-0.2, -0.15) is 0 Å². The van der Waals surface area contributed by atoms with E-state index in [0.717, 1.165) is 11.3 Å². The van der Waals surface area contributed by atoms with E-state index in [-0.39, 0.29) is 0 Å². The van der Waals surface area contributed by atoms with E-state index in [9.17, 15) is 0 Å². The van der Waals surface area contributed by atoms with Crippen molar-refractivity contribution < 1.29 is 0 Å². The molecule has 13 heavy (non-hydrogen) atoms. The SMILES string of the molecule is Cn1ccc(-c2nc(N)sc2N)c1.